The zero-order valence-electron chi connectivity index (χ0n) is 18.6. The summed E-state index contributed by atoms with van der Waals surface area (Å²) in [5.41, 5.74) is 6.22. The van der Waals surface area contributed by atoms with Crippen molar-refractivity contribution >= 4 is 16.7 Å². The maximum Gasteiger partial charge on any atom is 0.100 e. The minimum atomic E-state index is 0.260. The van der Waals surface area contributed by atoms with Crippen LogP contribution in [0.4, 0.5) is 0 Å². The van der Waals surface area contributed by atoms with Gasteiger partial charge in [-0.3, -0.25) is 0 Å². The molecule has 158 valence electrons. The average molecular weight is 403 g/mol. The lowest BCUT2D eigenvalue weighted by atomic mass is 9.48. The molecular weight excluding hydrogens is 368 g/mol. The summed E-state index contributed by atoms with van der Waals surface area (Å²) in [6.45, 7) is 5.13. The number of imidazole rings is 1. The molecule has 3 nitrogen and oxygen atoms in total. The number of hydrogen-bond acceptors (Lipinski definition) is 2. The highest BCUT2D eigenvalue weighted by Crippen LogP contribution is 2.65. The number of nitrogens with zero attached hydrogens (tertiary/aromatic N) is 2. The average Bonchev–Trinajstić information content (AvgIpc) is 3.33. The molecule has 3 heteroatoms. The number of aromatic nitrogens is 2. The maximum absolute atomic E-state index is 5.74. The van der Waals surface area contributed by atoms with E-state index in [0.29, 0.717) is 11.5 Å². The number of rotatable bonds is 2. The van der Waals surface area contributed by atoms with Crippen molar-refractivity contribution in [2.24, 2.45) is 28.6 Å². The van der Waals surface area contributed by atoms with E-state index in [2.05, 4.69) is 61.2 Å². The van der Waals surface area contributed by atoms with Crippen LogP contribution in [-0.2, 0) is 4.74 Å². The number of allylic oxidation sites excluding steroid dienone is 3. The van der Waals surface area contributed by atoms with Crippen LogP contribution < -0.4 is 0 Å². The van der Waals surface area contributed by atoms with Gasteiger partial charge in [-0.1, -0.05) is 43.7 Å². The van der Waals surface area contributed by atoms with Gasteiger partial charge in [0.05, 0.1) is 17.1 Å². The van der Waals surface area contributed by atoms with Gasteiger partial charge in [0.15, 0.2) is 0 Å². The first-order chi connectivity index (χ1) is 14.5. The van der Waals surface area contributed by atoms with Crippen molar-refractivity contribution in [3.63, 3.8) is 0 Å². The molecule has 1 heterocycles. The number of hydrogen-bond donors (Lipinski definition) is 0. The van der Waals surface area contributed by atoms with Crippen LogP contribution >= 0.6 is 0 Å². The quantitative estimate of drug-likeness (QED) is 0.539. The van der Waals surface area contributed by atoms with Gasteiger partial charge in [-0.25, -0.2) is 4.98 Å². The molecule has 2 fully saturated rings. The van der Waals surface area contributed by atoms with Gasteiger partial charge in [0.25, 0.3) is 0 Å². The fourth-order valence-corrected chi connectivity index (χ4v) is 7.90. The number of fused-ring (bicyclic) bond motifs is 6. The maximum atomic E-state index is 5.74. The van der Waals surface area contributed by atoms with E-state index in [1.807, 2.05) is 7.11 Å². The van der Waals surface area contributed by atoms with Crippen molar-refractivity contribution in [2.45, 2.75) is 64.9 Å². The van der Waals surface area contributed by atoms with Crippen molar-refractivity contribution in [3.05, 3.63) is 48.3 Å². The van der Waals surface area contributed by atoms with E-state index in [9.17, 15) is 0 Å². The molecule has 30 heavy (non-hydrogen) atoms. The number of ether oxygens (including phenoxy) is 1. The smallest absolute Gasteiger partial charge is 0.100 e. The molecule has 4 aliphatic carbocycles. The van der Waals surface area contributed by atoms with Crippen LogP contribution in [0.15, 0.2) is 48.3 Å². The molecule has 0 bridgehead atoms. The first-order valence-electron chi connectivity index (χ1n) is 11.9. The second-order valence-corrected chi connectivity index (χ2v) is 10.7. The van der Waals surface area contributed by atoms with E-state index >= 15 is 0 Å². The van der Waals surface area contributed by atoms with E-state index in [0.717, 1.165) is 29.7 Å². The zero-order chi connectivity index (χ0) is 20.5. The van der Waals surface area contributed by atoms with Gasteiger partial charge in [0.2, 0.25) is 0 Å². The Bertz CT molecular complexity index is 1050. The first kappa shape index (κ1) is 18.9. The second kappa shape index (κ2) is 6.56. The number of benzene rings is 1. The van der Waals surface area contributed by atoms with Crippen LogP contribution in [0.25, 0.3) is 16.7 Å². The Morgan fingerprint density at radius 2 is 1.83 bits per heavy atom. The third kappa shape index (κ3) is 2.45. The zero-order valence-corrected chi connectivity index (χ0v) is 18.6. The summed E-state index contributed by atoms with van der Waals surface area (Å²) in [6.07, 6.45) is 16.5. The Kier molecular flexibility index (Phi) is 4.13. The van der Waals surface area contributed by atoms with E-state index in [1.165, 1.54) is 49.7 Å². The van der Waals surface area contributed by atoms with Crippen molar-refractivity contribution in [3.8, 4) is 0 Å². The highest BCUT2D eigenvalue weighted by atomic mass is 16.5. The molecule has 6 rings (SSSR count). The van der Waals surface area contributed by atoms with E-state index in [1.54, 1.807) is 5.57 Å². The summed E-state index contributed by atoms with van der Waals surface area (Å²) in [7, 11) is 1.89. The van der Waals surface area contributed by atoms with Gasteiger partial charge < -0.3 is 9.30 Å². The van der Waals surface area contributed by atoms with Gasteiger partial charge in [0, 0.05) is 18.2 Å². The van der Waals surface area contributed by atoms with Crippen molar-refractivity contribution in [2.75, 3.05) is 7.11 Å². The molecule has 0 N–H and O–H groups in total. The van der Waals surface area contributed by atoms with Crippen molar-refractivity contribution < 1.29 is 4.74 Å². The summed E-state index contributed by atoms with van der Waals surface area (Å²) >= 11 is 0. The lowest BCUT2D eigenvalue weighted by molar-refractivity contribution is -0.0311. The normalized spacial score (nSPS) is 40.4. The molecule has 1 aromatic heterocycles. The van der Waals surface area contributed by atoms with E-state index in [4.69, 9.17) is 9.72 Å². The Hall–Kier alpha value is -1.87. The third-order valence-corrected chi connectivity index (χ3v) is 9.65. The topological polar surface area (TPSA) is 27.1 Å². The van der Waals surface area contributed by atoms with Gasteiger partial charge in [-0.05, 0) is 80.2 Å². The van der Waals surface area contributed by atoms with Gasteiger partial charge in [-0.2, -0.15) is 0 Å². The summed E-state index contributed by atoms with van der Waals surface area (Å²) in [4.78, 5) is 4.69. The van der Waals surface area contributed by atoms with E-state index < -0.39 is 0 Å². The lowest BCUT2D eigenvalue weighted by Crippen LogP contribution is -2.50. The molecule has 0 spiro atoms. The van der Waals surface area contributed by atoms with Gasteiger partial charge >= 0.3 is 0 Å². The minimum absolute atomic E-state index is 0.260. The fourth-order valence-electron chi connectivity index (χ4n) is 7.90. The Balaban J connectivity index is 1.34. The molecule has 4 aliphatic rings. The number of methoxy groups -OCH3 is 1. The SMILES string of the molecule is CO[C@H]1CC[C@@]2(C)C(=CCC3C2CC[C@]2(C)C(n4cnc5ccccc54)=CCC32)C1. The predicted octanol–water partition coefficient (Wildman–Crippen LogP) is 6.46. The number of para-hydroxylation sites is 2. The first-order valence-corrected chi connectivity index (χ1v) is 11.9. The van der Waals surface area contributed by atoms with Crippen LogP contribution in [0.1, 0.15) is 58.8 Å². The summed E-state index contributed by atoms with van der Waals surface area (Å²) in [5.74, 6) is 2.39. The minimum Gasteiger partial charge on any atom is -0.381 e. The van der Waals surface area contributed by atoms with Crippen LogP contribution in [0, 0.1) is 28.6 Å². The van der Waals surface area contributed by atoms with Crippen molar-refractivity contribution in [1.29, 1.82) is 0 Å². The van der Waals surface area contributed by atoms with Crippen LogP contribution in [0.5, 0.6) is 0 Å². The summed E-state index contributed by atoms with van der Waals surface area (Å²) in [6, 6.07) is 8.57. The lowest BCUT2D eigenvalue weighted by Gasteiger charge is -2.57. The Labute approximate surface area is 180 Å². The summed E-state index contributed by atoms with van der Waals surface area (Å²) in [5, 5.41) is 0. The Morgan fingerprint density at radius 3 is 2.70 bits per heavy atom. The fraction of sp³-hybridized carbons (Fsp3) is 0.593. The van der Waals surface area contributed by atoms with Gasteiger partial charge in [-0.15, -0.1) is 0 Å². The molecule has 0 radical (unpaired) electrons. The highest BCUT2D eigenvalue weighted by molar-refractivity contribution is 5.80. The van der Waals surface area contributed by atoms with Crippen molar-refractivity contribution in [1.82, 2.24) is 9.55 Å². The molecule has 1 aromatic carbocycles. The third-order valence-electron chi connectivity index (χ3n) is 9.65. The monoisotopic (exact) mass is 402 g/mol. The van der Waals surface area contributed by atoms with Gasteiger partial charge in [0.1, 0.15) is 6.33 Å². The molecule has 0 saturated heterocycles. The standard InChI is InChI=1S/C27H34N2O/c1-26-14-12-19(30-3)16-18(26)8-9-20-21-10-11-25(27(21,2)15-13-22(20)26)29-17-28-23-6-4-5-7-24(23)29/h4-8,11,17,19-22H,9-10,12-16H2,1-3H3/t19-,20?,21?,22?,26-,27-/m0/s1. The molecule has 2 aromatic rings. The Morgan fingerprint density at radius 1 is 1.00 bits per heavy atom. The molecule has 2 saturated carbocycles. The van der Waals surface area contributed by atoms with Crippen LogP contribution in [0.2, 0.25) is 0 Å². The molecular formula is C27H34N2O. The summed E-state index contributed by atoms with van der Waals surface area (Å²) < 4.78 is 8.13. The van der Waals surface area contributed by atoms with Crippen LogP contribution in [0.3, 0.4) is 0 Å². The highest BCUT2D eigenvalue weighted by Gasteiger charge is 2.57. The largest absolute Gasteiger partial charge is 0.381 e. The molecule has 3 unspecified atom stereocenters. The second-order valence-electron chi connectivity index (χ2n) is 10.7. The van der Waals surface area contributed by atoms with E-state index in [-0.39, 0.29) is 5.41 Å². The molecule has 0 amide bonds. The molecule has 0 aliphatic heterocycles. The predicted molar refractivity (Wildman–Crippen MR) is 122 cm³/mol. The molecule has 6 atom stereocenters. The van der Waals surface area contributed by atoms with Crippen LogP contribution in [-0.4, -0.2) is 22.8 Å².